The lowest BCUT2D eigenvalue weighted by Crippen LogP contribution is -2.46. The van der Waals surface area contributed by atoms with Crippen LogP contribution < -0.4 is 10.2 Å². The fraction of sp³-hybridized carbons (Fsp3) is 0.364. The van der Waals surface area contributed by atoms with Gasteiger partial charge in [0, 0.05) is 13.1 Å². The van der Waals surface area contributed by atoms with E-state index in [2.05, 4.69) is 5.32 Å². The molecule has 0 saturated carbocycles. The highest BCUT2D eigenvalue weighted by Gasteiger charge is 2.20. The Morgan fingerprint density at radius 2 is 2.27 bits per heavy atom. The number of benzene rings is 1. The number of nitrogens with one attached hydrogen (secondary N) is 1. The normalized spacial score (nSPS) is 16.4. The summed E-state index contributed by atoms with van der Waals surface area (Å²) in [4.78, 5) is 13.3. The average molecular weight is 225 g/mol. The van der Waals surface area contributed by atoms with Gasteiger partial charge in [-0.2, -0.15) is 0 Å². The minimum Gasteiger partial charge on any atom is -0.338 e. The van der Waals surface area contributed by atoms with Crippen molar-refractivity contribution in [2.45, 2.75) is 13.3 Å². The molecule has 15 heavy (non-hydrogen) atoms. The summed E-state index contributed by atoms with van der Waals surface area (Å²) in [5.41, 5.74) is 1.90. The highest BCUT2D eigenvalue weighted by Crippen LogP contribution is 2.27. The van der Waals surface area contributed by atoms with Crippen LogP contribution in [-0.4, -0.2) is 19.1 Å². The smallest absolute Gasteiger partial charge is 0.321 e. The van der Waals surface area contributed by atoms with Gasteiger partial charge in [-0.25, -0.2) is 4.79 Å². The number of hydrogen-bond acceptors (Lipinski definition) is 1. The zero-order chi connectivity index (χ0) is 10.8. The van der Waals surface area contributed by atoms with Crippen LogP contribution in [0.4, 0.5) is 10.5 Å². The summed E-state index contributed by atoms with van der Waals surface area (Å²) >= 11 is 6.07. The van der Waals surface area contributed by atoms with Crippen molar-refractivity contribution in [1.82, 2.24) is 5.32 Å². The van der Waals surface area contributed by atoms with E-state index >= 15 is 0 Å². The number of carbonyl (C=O) groups is 1. The Morgan fingerprint density at radius 1 is 1.47 bits per heavy atom. The lowest BCUT2D eigenvalue weighted by Gasteiger charge is -2.28. The molecule has 1 N–H and O–H groups in total. The van der Waals surface area contributed by atoms with Crippen LogP contribution in [-0.2, 0) is 0 Å². The second kappa shape index (κ2) is 4.11. The monoisotopic (exact) mass is 224 g/mol. The van der Waals surface area contributed by atoms with Crippen molar-refractivity contribution in [3.8, 4) is 0 Å². The molecule has 0 aromatic heterocycles. The summed E-state index contributed by atoms with van der Waals surface area (Å²) in [6, 6.07) is 5.64. The Kier molecular flexibility index (Phi) is 2.82. The van der Waals surface area contributed by atoms with Crippen LogP contribution in [0.15, 0.2) is 18.2 Å². The molecule has 1 aromatic rings. The predicted molar refractivity (Wildman–Crippen MR) is 61.6 cm³/mol. The minimum absolute atomic E-state index is 0.0613. The molecule has 1 fully saturated rings. The number of halogens is 1. The van der Waals surface area contributed by atoms with Gasteiger partial charge in [0.15, 0.2) is 0 Å². The first-order valence-corrected chi connectivity index (χ1v) is 5.38. The van der Waals surface area contributed by atoms with Crippen LogP contribution in [0.2, 0.25) is 5.02 Å². The standard InChI is InChI=1S/C11H13ClN2O/c1-8-3-4-9(12)10(7-8)14-6-2-5-13-11(14)15/h3-4,7H,2,5-6H2,1H3,(H,13,15). The maximum absolute atomic E-state index is 11.6. The van der Waals surface area contributed by atoms with Gasteiger partial charge in [0.05, 0.1) is 10.7 Å². The van der Waals surface area contributed by atoms with E-state index in [1.165, 1.54) is 0 Å². The fourth-order valence-corrected chi connectivity index (χ4v) is 1.91. The van der Waals surface area contributed by atoms with E-state index in [9.17, 15) is 4.79 Å². The Bertz CT molecular complexity index is 392. The third-order valence-corrected chi connectivity index (χ3v) is 2.79. The Morgan fingerprint density at radius 3 is 3.00 bits per heavy atom. The van der Waals surface area contributed by atoms with E-state index < -0.39 is 0 Å². The molecule has 0 unspecified atom stereocenters. The van der Waals surface area contributed by atoms with Crippen LogP contribution in [0.1, 0.15) is 12.0 Å². The van der Waals surface area contributed by atoms with Gasteiger partial charge in [-0.3, -0.25) is 4.90 Å². The van der Waals surface area contributed by atoms with E-state index in [1.54, 1.807) is 4.90 Å². The fourth-order valence-electron chi connectivity index (χ4n) is 1.69. The van der Waals surface area contributed by atoms with Gasteiger partial charge in [-0.15, -0.1) is 0 Å². The molecule has 2 rings (SSSR count). The van der Waals surface area contributed by atoms with Crippen molar-refractivity contribution in [3.05, 3.63) is 28.8 Å². The quantitative estimate of drug-likeness (QED) is 0.781. The molecule has 0 radical (unpaired) electrons. The van der Waals surface area contributed by atoms with Gasteiger partial charge >= 0.3 is 6.03 Å². The molecule has 0 bridgehead atoms. The van der Waals surface area contributed by atoms with Crippen LogP contribution in [0, 0.1) is 6.92 Å². The van der Waals surface area contributed by atoms with E-state index in [0.717, 1.165) is 30.8 Å². The number of rotatable bonds is 1. The highest BCUT2D eigenvalue weighted by molar-refractivity contribution is 6.33. The number of amides is 2. The van der Waals surface area contributed by atoms with Crippen LogP contribution in [0.5, 0.6) is 0 Å². The molecule has 1 saturated heterocycles. The lowest BCUT2D eigenvalue weighted by molar-refractivity contribution is 0.243. The van der Waals surface area contributed by atoms with E-state index in [4.69, 9.17) is 11.6 Å². The Labute approximate surface area is 94.0 Å². The summed E-state index contributed by atoms with van der Waals surface area (Å²) in [6.07, 6.45) is 0.954. The van der Waals surface area contributed by atoms with E-state index in [0.29, 0.717) is 5.02 Å². The molecular weight excluding hydrogens is 212 g/mol. The van der Waals surface area contributed by atoms with Crippen molar-refractivity contribution in [1.29, 1.82) is 0 Å². The number of nitrogens with zero attached hydrogens (tertiary/aromatic N) is 1. The van der Waals surface area contributed by atoms with Crippen molar-refractivity contribution in [2.75, 3.05) is 18.0 Å². The van der Waals surface area contributed by atoms with Gasteiger partial charge in [0.25, 0.3) is 0 Å². The first kappa shape index (κ1) is 10.3. The van der Waals surface area contributed by atoms with Gasteiger partial charge in [0.1, 0.15) is 0 Å². The van der Waals surface area contributed by atoms with Crippen molar-refractivity contribution < 1.29 is 4.79 Å². The van der Waals surface area contributed by atoms with Gasteiger partial charge in [-0.1, -0.05) is 17.7 Å². The minimum atomic E-state index is -0.0613. The summed E-state index contributed by atoms with van der Waals surface area (Å²) in [5.74, 6) is 0. The summed E-state index contributed by atoms with van der Waals surface area (Å²) in [7, 11) is 0. The van der Waals surface area contributed by atoms with Crippen LogP contribution in [0.3, 0.4) is 0 Å². The Balaban J connectivity index is 2.34. The molecule has 3 nitrogen and oxygen atoms in total. The molecule has 1 heterocycles. The highest BCUT2D eigenvalue weighted by atomic mass is 35.5. The first-order chi connectivity index (χ1) is 7.18. The van der Waals surface area contributed by atoms with Crippen molar-refractivity contribution in [2.24, 2.45) is 0 Å². The summed E-state index contributed by atoms with van der Waals surface area (Å²) in [5, 5.41) is 3.43. The zero-order valence-electron chi connectivity index (χ0n) is 8.59. The molecule has 1 aliphatic rings. The van der Waals surface area contributed by atoms with Crippen molar-refractivity contribution in [3.63, 3.8) is 0 Å². The third kappa shape index (κ3) is 2.07. The van der Waals surface area contributed by atoms with Gasteiger partial charge < -0.3 is 5.32 Å². The number of urea groups is 1. The number of carbonyl (C=O) groups excluding carboxylic acids is 1. The molecule has 0 aliphatic carbocycles. The molecular formula is C11H13ClN2O. The number of aryl methyl sites for hydroxylation is 1. The second-order valence-corrected chi connectivity index (χ2v) is 4.10. The predicted octanol–water partition coefficient (Wildman–Crippen LogP) is 2.57. The molecule has 4 heteroatoms. The largest absolute Gasteiger partial charge is 0.338 e. The Hall–Kier alpha value is -1.22. The lowest BCUT2D eigenvalue weighted by atomic mass is 10.2. The maximum atomic E-state index is 11.6. The topological polar surface area (TPSA) is 32.3 Å². The zero-order valence-corrected chi connectivity index (χ0v) is 9.34. The summed E-state index contributed by atoms with van der Waals surface area (Å²) in [6.45, 7) is 3.47. The average Bonchev–Trinajstić information content (AvgIpc) is 2.23. The van der Waals surface area contributed by atoms with Gasteiger partial charge in [-0.05, 0) is 31.0 Å². The molecule has 1 aliphatic heterocycles. The van der Waals surface area contributed by atoms with Crippen molar-refractivity contribution >= 4 is 23.3 Å². The first-order valence-electron chi connectivity index (χ1n) is 5.00. The van der Waals surface area contributed by atoms with Crippen LogP contribution >= 0.6 is 11.6 Å². The third-order valence-electron chi connectivity index (χ3n) is 2.47. The van der Waals surface area contributed by atoms with E-state index in [1.807, 2.05) is 25.1 Å². The second-order valence-electron chi connectivity index (χ2n) is 3.69. The molecule has 1 aromatic carbocycles. The SMILES string of the molecule is Cc1ccc(Cl)c(N2CCCNC2=O)c1. The maximum Gasteiger partial charge on any atom is 0.321 e. The molecule has 0 atom stereocenters. The molecule has 0 spiro atoms. The number of hydrogen-bond donors (Lipinski definition) is 1. The van der Waals surface area contributed by atoms with Crippen LogP contribution in [0.25, 0.3) is 0 Å². The summed E-state index contributed by atoms with van der Waals surface area (Å²) < 4.78 is 0. The molecule has 80 valence electrons. The van der Waals surface area contributed by atoms with Gasteiger partial charge in [0.2, 0.25) is 0 Å². The number of anilines is 1. The van der Waals surface area contributed by atoms with E-state index in [-0.39, 0.29) is 6.03 Å². The molecule has 2 amide bonds.